The van der Waals surface area contributed by atoms with Crippen molar-refractivity contribution in [3.63, 3.8) is 0 Å². The van der Waals surface area contributed by atoms with E-state index in [0.29, 0.717) is 6.04 Å². The average molecular weight is 224 g/mol. The Morgan fingerprint density at radius 2 is 2.00 bits per heavy atom. The first-order chi connectivity index (χ1) is 7.46. The number of terminal acetylenes is 1. The van der Waals surface area contributed by atoms with Crippen molar-refractivity contribution in [2.75, 3.05) is 20.6 Å². The van der Waals surface area contributed by atoms with E-state index in [0.717, 1.165) is 25.8 Å². The number of hydrogen-bond donors (Lipinski definition) is 1. The number of hydrogen-bond acceptors (Lipinski definition) is 2. The molecule has 2 nitrogen and oxygen atoms in total. The first-order valence-electron chi connectivity index (χ1n) is 6.31. The van der Waals surface area contributed by atoms with Gasteiger partial charge in [0.25, 0.3) is 0 Å². The van der Waals surface area contributed by atoms with E-state index >= 15 is 0 Å². The SMILES string of the molecule is C#CCCCC(NCCC)C(C)(C)N(C)C. The Bertz CT molecular complexity index is 213. The Kier molecular flexibility index (Phi) is 7.45. The van der Waals surface area contributed by atoms with Gasteiger partial charge in [-0.1, -0.05) is 6.92 Å². The highest BCUT2D eigenvalue weighted by Gasteiger charge is 2.30. The van der Waals surface area contributed by atoms with E-state index in [4.69, 9.17) is 6.42 Å². The summed E-state index contributed by atoms with van der Waals surface area (Å²) in [5.74, 6) is 2.72. The fourth-order valence-corrected chi connectivity index (χ4v) is 1.74. The fourth-order valence-electron chi connectivity index (χ4n) is 1.74. The van der Waals surface area contributed by atoms with Gasteiger partial charge in [0.2, 0.25) is 0 Å². The van der Waals surface area contributed by atoms with E-state index in [-0.39, 0.29) is 5.54 Å². The molecule has 16 heavy (non-hydrogen) atoms. The van der Waals surface area contributed by atoms with E-state index in [9.17, 15) is 0 Å². The Hall–Kier alpha value is -0.520. The molecule has 1 N–H and O–H groups in total. The van der Waals surface area contributed by atoms with Crippen LogP contribution in [0.25, 0.3) is 0 Å². The van der Waals surface area contributed by atoms with Crippen LogP contribution in [0.15, 0.2) is 0 Å². The molecule has 0 saturated carbocycles. The van der Waals surface area contributed by atoms with Crippen molar-refractivity contribution in [2.45, 2.75) is 58.0 Å². The average Bonchev–Trinajstić information content (AvgIpc) is 2.22. The minimum Gasteiger partial charge on any atom is -0.312 e. The van der Waals surface area contributed by atoms with Crippen LogP contribution < -0.4 is 5.32 Å². The lowest BCUT2D eigenvalue weighted by molar-refractivity contribution is 0.131. The van der Waals surface area contributed by atoms with E-state index in [1.165, 1.54) is 6.42 Å². The van der Waals surface area contributed by atoms with Gasteiger partial charge in [0.1, 0.15) is 0 Å². The maximum Gasteiger partial charge on any atom is 0.0300 e. The van der Waals surface area contributed by atoms with E-state index in [2.05, 4.69) is 51.0 Å². The zero-order valence-electron chi connectivity index (χ0n) is 11.6. The van der Waals surface area contributed by atoms with Crippen LogP contribution in [-0.4, -0.2) is 37.1 Å². The molecular weight excluding hydrogens is 196 g/mol. The van der Waals surface area contributed by atoms with Gasteiger partial charge >= 0.3 is 0 Å². The lowest BCUT2D eigenvalue weighted by atomic mass is 9.89. The molecule has 0 aliphatic rings. The standard InChI is InChI=1S/C14H28N2/c1-7-9-10-11-13(15-12-8-2)14(3,4)16(5)6/h1,13,15H,8-12H2,2-6H3. The number of nitrogens with zero attached hydrogens (tertiary/aromatic N) is 1. The van der Waals surface area contributed by atoms with Crippen LogP contribution in [0.2, 0.25) is 0 Å². The molecule has 0 heterocycles. The minimum absolute atomic E-state index is 0.170. The Labute approximate surface area is 102 Å². The monoisotopic (exact) mass is 224 g/mol. The van der Waals surface area contributed by atoms with Crippen molar-refractivity contribution >= 4 is 0 Å². The molecule has 0 radical (unpaired) electrons. The summed E-state index contributed by atoms with van der Waals surface area (Å²) < 4.78 is 0. The van der Waals surface area contributed by atoms with Crippen molar-refractivity contribution in [3.8, 4) is 12.3 Å². The molecule has 0 spiro atoms. The number of likely N-dealkylation sites (N-methyl/N-ethyl adjacent to an activating group) is 1. The van der Waals surface area contributed by atoms with Crippen LogP contribution in [0.5, 0.6) is 0 Å². The third-order valence-electron chi connectivity index (χ3n) is 3.46. The second kappa shape index (κ2) is 7.70. The first-order valence-corrected chi connectivity index (χ1v) is 6.31. The van der Waals surface area contributed by atoms with Gasteiger partial charge in [-0.15, -0.1) is 12.3 Å². The van der Waals surface area contributed by atoms with E-state index in [1.54, 1.807) is 0 Å². The molecule has 1 atom stereocenters. The summed E-state index contributed by atoms with van der Waals surface area (Å²) in [5, 5.41) is 3.64. The minimum atomic E-state index is 0.170. The number of rotatable bonds is 8. The van der Waals surface area contributed by atoms with Crippen molar-refractivity contribution < 1.29 is 0 Å². The van der Waals surface area contributed by atoms with E-state index in [1.807, 2.05) is 0 Å². The summed E-state index contributed by atoms with van der Waals surface area (Å²) in [4.78, 5) is 2.29. The maximum absolute atomic E-state index is 5.30. The summed E-state index contributed by atoms with van der Waals surface area (Å²) in [7, 11) is 4.28. The molecule has 0 rings (SSSR count). The Morgan fingerprint density at radius 1 is 1.38 bits per heavy atom. The van der Waals surface area contributed by atoms with Gasteiger partial charge in [0.05, 0.1) is 0 Å². The van der Waals surface area contributed by atoms with Crippen LogP contribution in [0, 0.1) is 12.3 Å². The van der Waals surface area contributed by atoms with Crippen molar-refractivity contribution in [2.24, 2.45) is 0 Å². The number of unbranched alkanes of at least 4 members (excludes halogenated alkanes) is 1. The molecule has 0 aliphatic carbocycles. The van der Waals surface area contributed by atoms with Gasteiger partial charge in [-0.25, -0.2) is 0 Å². The maximum atomic E-state index is 5.30. The zero-order chi connectivity index (χ0) is 12.6. The van der Waals surface area contributed by atoms with Crippen LogP contribution in [-0.2, 0) is 0 Å². The summed E-state index contributed by atoms with van der Waals surface area (Å²) >= 11 is 0. The van der Waals surface area contributed by atoms with Crippen LogP contribution in [0.3, 0.4) is 0 Å². The molecule has 0 bridgehead atoms. The van der Waals surface area contributed by atoms with Gasteiger partial charge in [-0.2, -0.15) is 0 Å². The summed E-state index contributed by atoms with van der Waals surface area (Å²) in [6.07, 6.45) is 9.62. The van der Waals surface area contributed by atoms with Gasteiger partial charge in [0.15, 0.2) is 0 Å². The molecule has 0 aromatic heterocycles. The van der Waals surface area contributed by atoms with Crippen molar-refractivity contribution in [1.82, 2.24) is 10.2 Å². The summed E-state index contributed by atoms with van der Waals surface area (Å²) in [5.41, 5.74) is 0.170. The smallest absolute Gasteiger partial charge is 0.0300 e. The molecule has 0 aliphatic heterocycles. The lowest BCUT2D eigenvalue weighted by Gasteiger charge is -2.41. The molecule has 2 heteroatoms. The quantitative estimate of drug-likeness (QED) is 0.503. The summed E-state index contributed by atoms with van der Waals surface area (Å²) in [6.45, 7) is 7.86. The van der Waals surface area contributed by atoms with Gasteiger partial charge in [-0.3, -0.25) is 0 Å². The van der Waals surface area contributed by atoms with Gasteiger partial charge < -0.3 is 10.2 Å². The van der Waals surface area contributed by atoms with E-state index < -0.39 is 0 Å². The lowest BCUT2D eigenvalue weighted by Crippen LogP contribution is -2.55. The normalized spacial score (nSPS) is 13.8. The molecular formula is C14H28N2. The third-order valence-corrected chi connectivity index (χ3v) is 3.46. The second-order valence-electron chi connectivity index (χ2n) is 5.15. The Morgan fingerprint density at radius 3 is 2.44 bits per heavy atom. The molecule has 0 aromatic carbocycles. The molecule has 0 amide bonds. The molecule has 0 fully saturated rings. The fraction of sp³-hybridized carbons (Fsp3) is 0.857. The van der Waals surface area contributed by atoms with Crippen molar-refractivity contribution in [3.05, 3.63) is 0 Å². The van der Waals surface area contributed by atoms with Gasteiger partial charge in [-0.05, 0) is 53.8 Å². The highest BCUT2D eigenvalue weighted by Crippen LogP contribution is 2.20. The van der Waals surface area contributed by atoms with Gasteiger partial charge in [0, 0.05) is 18.0 Å². The largest absolute Gasteiger partial charge is 0.312 e. The molecule has 94 valence electrons. The first kappa shape index (κ1) is 15.5. The second-order valence-corrected chi connectivity index (χ2v) is 5.15. The summed E-state index contributed by atoms with van der Waals surface area (Å²) in [6, 6.07) is 0.510. The van der Waals surface area contributed by atoms with Crippen LogP contribution in [0.4, 0.5) is 0 Å². The van der Waals surface area contributed by atoms with Crippen LogP contribution in [0.1, 0.15) is 46.5 Å². The highest BCUT2D eigenvalue weighted by atomic mass is 15.2. The topological polar surface area (TPSA) is 15.3 Å². The molecule has 0 saturated heterocycles. The van der Waals surface area contributed by atoms with Crippen molar-refractivity contribution in [1.29, 1.82) is 0 Å². The molecule has 1 unspecified atom stereocenters. The number of nitrogens with one attached hydrogen (secondary N) is 1. The van der Waals surface area contributed by atoms with Crippen LogP contribution >= 0.6 is 0 Å². The Balaban J connectivity index is 4.35. The third kappa shape index (κ3) is 5.01. The predicted octanol–water partition coefficient (Wildman–Crippen LogP) is 2.50. The molecule has 0 aromatic rings. The zero-order valence-corrected chi connectivity index (χ0v) is 11.6. The predicted molar refractivity (Wildman–Crippen MR) is 72.5 cm³/mol. The highest BCUT2D eigenvalue weighted by molar-refractivity contribution is 4.92.